The molecule has 0 atom stereocenters. The lowest BCUT2D eigenvalue weighted by molar-refractivity contribution is 0.318. The second-order valence-electron chi connectivity index (χ2n) is 4.13. The monoisotopic (exact) mass is 222 g/mol. The third-order valence-electron chi connectivity index (χ3n) is 2.09. The van der Waals surface area contributed by atoms with Crippen LogP contribution in [0.2, 0.25) is 0 Å². The number of nitrogens with zero attached hydrogens (tertiary/aromatic N) is 1. The molecule has 0 bridgehead atoms. The van der Waals surface area contributed by atoms with E-state index in [1.165, 1.54) is 0 Å². The smallest absolute Gasteiger partial charge is 0.169 e. The fourth-order valence-electron chi connectivity index (χ4n) is 1.34. The summed E-state index contributed by atoms with van der Waals surface area (Å²) < 4.78 is 0. The van der Waals surface area contributed by atoms with E-state index in [4.69, 9.17) is 10.9 Å². The molecule has 1 aliphatic carbocycles. The molecule has 90 valence electrons. The summed E-state index contributed by atoms with van der Waals surface area (Å²) in [4.78, 5) is 0. The molecular formula is C13H22N2O. The Morgan fingerprint density at radius 3 is 2.44 bits per heavy atom. The molecule has 0 fully saturated rings. The summed E-state index contributed by atoms with van der Waals surface area (Å²) in [6.07, 6.45) is 8.01. The first kappa shape index (κ1) is 14.5. The average Bonchev–Trinajstić information content (AvgIpc) is 2.40. The quantitative estimate of drug-likeness (QED) is 0.310. The number of amidine groups is 1. The Kier molecular flexibility index (Phi) is 5.57. The van der Waals surface area contributed by atoms with Crippen LogP contribution in [0, 0.1) is 5.41 Å². The van der Waals surface area contributed by atoms with Gasteiger partial charge in [-0.1, -0.05) is 56.7 Å². The molecule has 0 aromatic heterocycles. The van der Waals surface area contributed by atoms with Crippen LogP contribution in [0.3, 0.4) is 0 Å². The number of rotatable bonds is 1. The summed E-state index contributed by atoms with van der Waals surface area (Å²) in [7, 11) is 0. The molecule has 0 saturated heterocycles. The van der Waals surface area contributed by atoms with E-state index in [0.717, 1.165) is 11.1 Å². The topological polar surface area (TPSA) is 58.6 Å². The largest absolute Gasteiger partial charge is 0.409 e. The normalized spacial score (nSPS) is 18.9. The van der Waals surface area contributed by atoms with Gasteiger partial charge in [0.15, 0.2) is 5.84 Å². The van der Waals surface area contributed by atoms with E-state index < -0.39 is 0 Å². The zero-order valence-electron chi connectivity index (χ0n) is 10.8. The molecule has 0 unspecified atom stereocenters. The molecule has 0 radical (unpaired) electrons. The van der Waals surface area contributed by atoms with E-state index in [1.807, 2.05) is 39.0 Å². The van der Waals surface area contributed by atoms with Gasteiger partial charge in [0.2, 0.25) is 0 Å². The van der Waals surface area contributed by atoms with Crippen molar-refractivity contribution >= 4 is 5.84 Å². The average molecular weight is 222 g/mol. The fraction of sp³-hybridized carbons (Fsp3) is 0.462. The number of nitrogens with two attached hydrogens (primary N) is 1. The number of hydrogen-bond acceptors (Lipinski definition) is 2. The standard InChI is InChI=1S/C11H16N2O.C2H6/c1-8-4-5-11(2,3)7-9(6-8)10(12)13-14;1-2/h4-7,14H,1-3H3,(H2,12,13);1-2H3. The van der Waals surface area contributed by atoms with Crippen LogP contribution in [0.5, 0.6) is 0 Å². The molecule has 0 spiro atoms. The molecule has 0 heterocycles. The van der Waals surface area contributed by atoms with Gasteiger partial charge in [-0.2, -0.15) is 0 Å². The second kappa shape index (κ2) is 6.16. The number of allylic oxidation sites excluding steroid dienone is 4. The summed E-state index contributed by atoms with van der Waals surface area (Å²) in [5, 5.41) is 11.6. The van der Waals surface area contributed by atoms with Gasteiger partial charge >= 0.3 is 0 Å². The van der Waals surface area contributed by atoms with Gasteiger partial charge in [0.05, 0.1) is 0 Å². The third-order valence-corrected chi connectivity index (χ3v) is 2.09. The Hall–Kier alpha value is -1.51. The highest BCUT2D eigenvalue weighted by molar-refractivity contribution is 5.99. The Labute approximate surface area is 98.0 Å². The van der Waals surface area contributed by atoms with Crippen molar-refractivity contribution in [2.75, 3.05) is 0 Å². The minimum absolute atomic E-state index is 0.0705. The lowest BCUT2D eigenvalue weighted by atomic mass is 9.91. The summed E-state index contributed by atoms with van der Waals surface area (Å²) in [5.74, 6) is 0.154. The molecule has 0 amide bonds. The molecule has 0 aromatic rings. The van der Waals surface area contributed by atoms with E-state index in [0.29, 0.717) is 0 Å². The minimum Gasteiger partial charge on any atom is -0.409 e. The van der Waals surface area contributed by atoms with Crippen LogP contribution >= 0.6 is 0 Å². The highest BCUT2D eigenvalue weighted by atomic mass is 16.4. The highest BCUT2D eigenvalue weighted by Crippen LogP contribution is 2.25. The van der Waals surface area contributed by atoms with Crippen molar-refractivity contribution in [2.45, 2.75) is 34.6 Å². The maximum absolute atomic E-state index is 8.61. The molecule has 1 rings (SSSR count). The SMILES string of the molecule is CC.CC1=CC(/C(N)=N/O)=CC(C)(C)C=C1. The van der Waals surface area contributed by atoms with Crippen LogP contribution < -0.4 is 5.73 Å². The Bertz CT molecular complexity index is 347. The van der Waals surface area contributed by atoms with Crippen molar-refractivity contribution in [3.63, 3.8) is 0 Å². The lowest BCUT2D eigenvalue weighted by Gasteiger charge is -2.14. The predicted molar refractivity (Wildman–Crippen MR) is 69.5 cm³/mol. The van der Waals surface area contributed by atoms with Crippen molar-refractivity contribution < 1.29 is 5.21 Å². The number of hydrogen-bond donors (Lipinski definition) is 2. The van der Waals surface area contributed by atoms with E-state index in [1.54, 1.807) is 0 Å². The lowest BCUT2D eigenvalue weighted by Crippen LogP contribution is -2.16. The van der Waals surface area contributed by atoms with Gasteiger partial charge in [-0.3, -0.25) is 0 Å². The fourth-order valence-corrected chi connectivity index (χ4v) is 1.34. The zero-order chi connectivity index (χ0) is 12.8. The predicted octanol–water partition coefficient (Wildman–Crippen LogP) is 3.23. The van der Waals surface area contributed by atoms with E-state index in [-0.39, 0.29) is 11.3 Å². The van der Waals surface area contributed by atoms with Crippen molar-refractivity contribution in [1.29, 1.82) is 0 Å². The van der Waals surface area contributed by atoms with Crippen LogP contribution in [-0.4, -0.2) is 11.0 Å². The molecule has 0 saturated carbocycles. The Morgan fingerprint density at radius 1 is 1.38 bits per heavy atom. The van der Waals surface area contributed by atoms with Gasteiger partial charge in [-0.25, -0.2) is 0 Å². The summed E-state index contributed by atoms with van der Waals surface area (Å²) in [6.45, 7) is 10.1. The van der Waals surface area contributed by atoms with Crippen LogP contribution in [0.4, 0.5) is 0 Å². The van der Waals surface area contributed by atoms with E-state index in [2.05, 4.69) is 25.1 Å². The third kappa shape index (κ3) is 4.34. The highest BCUT2D eigenvalue weighted by Gasteiger charge is 2.15. The van der Waals surface area contributed by atoms with Crippen LogP contribution in [0.25, 0.3) is 0 Å². The maximum Gasteiger partial charge on any atom is 0.169 e. The molecule has 3 N–H and O–H groups in total. The molecule has 3 nitrogen and oxygen atoms in total. The second-order valence-corrected chi connectivity index (χ2v) is 4.13. The molecular weight excluding hydrogens is 200 g/mol. The van der Waals surface area contributed by atoms with Crippen LogP contribution in [0.15, 0.2) is 40.6 Å². The molecule has 0 aliphatic heterocycles. The molecule has 1 aliphatic rings. The first-order chi connectivity index (χ1) is 7.44. The minimum atomic E-state index is -0.0705. The maximum atomic E-state index is 8.61. The summed E-state index contributed by atoms with van der Waals surface area (Å²) in [5.41, 5.74) is 7.34. The Balaban J connectivity index is 0.00000106. The summed E-state index contributed by atoms with van der Waals surface area (Å²) in [6, 6.07) is 0. The van der Waals surface area contributed by atoms with Gasteiger partial charge in [-0.15, -0.1) is 0 Å². The Morgan fingerprint density at radius 2 is 1.94 bits per heavy atom. The first-order valence-corrected chi connectivity index (χ1v) is 5.53. The van der Waals surface area contributed by atoms with Gasteiger partial charge in [0, 0.05) is 11.0 Å². The van der Waals surface area contributed by atoms with Crippen molar-refractivity contribution in [1.82, 2.24) is 0 Å². The van der Waals surface area contributed by atoms with Crippen molar-refractivity contribution in [3.05, 3.63) is 35.5 Å². The number of oxime groups is 1. The molecule has 0 aromatic carbocycles. The van der Waals surface area contributed by atoms with Gasteiger partial charge in [-0.05, 0) is 13.0 Å². The van der Waals surface area contributed by atoms with Crippen molar-refractivity contribution in [2.24, 2.45) is 16.3 Å². The molecule has 16 heavy (non-hydrogen) atoms. The van der Waals surface area contributed by atoms with E-state index in [9.17, 15) is 0 Å². The van der Waals surface area contributed by atoms with Crippen LogP contribution in [0.1, 0.15) is 34.6 Å². The molecule has 3 heteroatoms. The van der Waals surface area contributed by atoms with Crippen LogP contribution in [-0.2, 0) is 0 Å². The van der Waals surface area contributed by atoms with Gasteiger partial charge in [0.1, 0.15) is 0 Å². The van der Waals surface area contributed by atoms with Gasteiger partial charge < -0.3 is 10.9 Å². The summed E-state index contributed by atoms with van der Waals surface area (Å²) >= 11 is 0. The first-order valence-electron chi connectivity index (χ1n) is 5.53. The van der Waals surface area contributed by atoms with E-state index >= 15 is 0 Å². The van der Waals surface area contributed by atoms with Crippen molar-refractivity contribution in [3.8, 4) is 0 Å². The van der Waals surface area contributed by atoms with Gasteiger partial charge in [0.25, 0.3) is 0 Å². The zero-order valence-corrected chi connectivity index (χ0v) is 10.8.